The van der Waals surface area contributed by atoms with E-state index < -0.39 is 0 Å². The summed E-state index contributed by atoms with van der Waals surface area (Å²) in [6.07, 6.45) is 1.42. The third-order valence-corrected chi connectivity index (χ3v) is 5.80. The first kappa shape index (κ1) is 20.3. The number of carbonyl (C=O) groups is 3. The van der Waals surface area contributed by atoms with Crippen LogP contribution < -0.4 is 0 Å². The molecule has 0 spiro atoms. The second-order valence-corrected chi connectivity index (χ2v) is 7.92. The Morgan fingerprint density at radius 2 is 1.79 bits per heavy atom. The van der Waals surface area contributed by atoms with Crippen LogP contribution in [-0.2, 0) is 14.3 Å². The van der Waals surface area contributed by atoms with Gasteiger partial charge >= 0.3 is 6.09 Å². The minimum absolute atomic E-state index is 0.0871. The monoisotopic (exact) mass is 419 g/mol. The number of amides is 3. The molecule has 1 aromatic rings. The van der Waals surface area contributed by atoms with Crippen LogP contribution in [0, 0.1) is 0 Å². The topological polar surface area (TPSA) is 70.2 Å². The van der Waals surface area contributed by atoms with Crippen molar-refractivity contribution in [1.82, 2.24) is 14.7 Å². The lowest BCUT2D eigenvalue weighted by Crippen LogP contribution is -2.53. The molecule has 0 radical (unpaired) electrons. The van der Waals surface area contributed by atoms with Crippen molar-refractivity contribution in [2.45, 2.75) is 6.92 Å². The first-order valence-corrected chi connectivity index (χ1v) is 10.2. The van der Waals surface area contributed by atoms with Gasteiger partial charge in [0.15, 0.2) is 0 Å². The molecule has 3 amide bonds. The Morgan fingerprint density at radius 1 is 1.14 bits per heavy atom. The smallest absolute Gasteiger partial charge is 0.409 e. The Hall–Kier alpha value is -2.39. The van der Waals surface area contributed by atoms with Gasteiger partial charge in [-0.1, -0.05) is 54.3 Å². The summed E-state index contributed by atoms with van der Waals surface area (Å²) in [5.74, 6) is -0.432. The molecule has 2 heterocycles. The van der Waals surface area contributed by atoms with E-state index in [0.717, 1.165) is 5.56 Å². The largest absolute Gasteiger partial charge is 0.450 e. The van der Waals surface area contributed by atoms with E-state index >= 15 is 0 Å². The number of ether oxygens (including phenoxy) is 1. The van der Waals surface area contributed by atoms with Crippen molar-refractivity contribution in [3.63, 3.8) is 0 Å². The number of rotatable bonds is 4. The maximum Gasteiger partial charge on any atom is 0.409 e. The van der Waals surface area contributed by atoms with Gasteiger partial charge in [-0.15, -0.1) is 0 Å². The van der Waals surface area contributed by atoms with Gasteiger partial charge in [-0.25, -0.2) is 4.79 Å². The average Bonchev–Trinajstić information content (AvgIpc) is 2.96. The molecular formula is C19H21N3O4S2. The van der Waals surface area contributed by atoms with Gasteiger partial charge in [0.25, 0.3) is 5.91 Å². The SMILES string of the molecule is CCOC(=O)N1CCN(C(=O)CN2C(=O)C(=Cc3ccccc3)SC2=S)CC1. The molecule has 0 saturated carbocycles. The number of thiocarbonyl (C=S) groups is 1. The zero-order chi connectivity index (χ0) is 20.1. The predicted octanol–water partition coefficient (Wildman–Crippen LogP) is 2.19. The Labute approximate surface area is 173 Å². The molecule has 3 rings (SSSR count). The van der Waals surface area contributed by atoms with Gasteiger partial charge < -0.3 is 14.5 Å². The Morgan fingerprint density at radius 3 is 2.43 bits per heavy atom. The second-order valence-electron chi connectivity index (χ2n) is 6.25. The average molecular weight is 420 g/mol. The van der Waals surface area contributed by atoms with E-state index in [9.17, 15) is 14.4 Å². The Kier molecular flexibility index (Phi) is 6.69. The molecule has 28 heavy (non-hydrogen) atoms. The lowest BCUT2D eigenvalue weighted by molar-refractivity contribution is -0.136. The van der Waals surface area contributed by atoms with E-state index in [1.54, 1.807) is 22.8 Å². The molecule has 7 nitrogen and oxygen atoms in total. The number of hydrogen-bond acceptors (Lipinski definition) is 6. The van der Waals surface area contributed by atoms with Crippen LogP contribution in [0.1, 0.15) is 12.5 Å². The molecule has 0 atom stereocenters. The maximum atomic E-state index is 12.7. The number of hydrogen-bond donors (Lipinski definition) is 0. The van der Waals surface area contributed by atoms with Crippen molar-refractivity contribution in [2.75, 3.05) is 39.3 Å². The lowest BCUT2D eigenvalue weighted by Gasteiger charge is -2.34. The van der Waals surface area contributed by atoms with Crippen molar-refractivity contribution >= 4 is 52.3 Å². The van der Waals surface area contributed by atoms with Crippen molar-refractivity contribution in [1.29, 1.82) is 0 Å². The number of carbonyl (C=O) groups excluding carboxylic acids is 3. The minimum atomic E-state index is -0.363. The molecule has 0 aliphatic carbocycles. The summed E-state index contributed by atoms with van der Waals surface area (Å²) in [5, 5.41) is 0. The van der Waals surface area contributed by atoms with Crippen LogP contribution in [0.15, 0.2) is 35.2 Å². The molecule has 148 valence electrons. The zero-order valence-electron chi connectivity index (χ0n) is 15.5. The summed E-state index contributed by atoms with van der Waals surface area (Å²) in [6, 6.07) is 9.50. The highest BCUT2D eigenvalue weighted by Gasteiger charge is 2.35. The summed E-state index contributed by atoms with van der Waals surface area (Å²) in [5.41, 5.74) is 0.907. The van der Waals surface area contributed by atoms with Gasteiger partial charge in [0.2, 0.25) is 5.91 Å². The third kappa shape index (κ3) is 4.71. The van der Waals surface area contributed by atoms with E-state index in [1.807, 2.05) is 30.3 Å². The van der Waals surface area contributed by atoms with E-state index in [2.05, 4.69) is 0 Å². The summed E-state index contributed by atoms with van der Waals surface area (Å²) in [6.45, 7) is 3.64. The molecule has 2 aliphatic rings. The van der Waals surface area contributed by atoms with Gasteiger partial charge in [-0.3, -0.25) is 14.5 Å². The lowest BCUT2D eigenvalue weighted by atomic mass is 10.2. The fraction of sp³-hybridized carbons (Fsp3) is 0.368. The van der Waals surface area contributed by atoms with Crippen LogP contribution >= 0.6 is 24.0 Å². The normalized spacial score (nSPS) is 18.8. The van der Waals surface area contributed by atoms with Crippen LogP contribution in [0.5, 0.6) is 0 Å². The van der Waals surface area contributed by atoms with E-state index in [4.69, 9.17) is 17.0 Å². The summed E-state index contributed by atoms with van der Waals surface area (Å²) < 4.78 is 5.36. The molecular weight excluding hydrogens is 398 g/mol. The van der Waals surface area contributed by atoms with Crippen LogP contribution in [-0.4, -0.2) is 76.3 Å². The Bertz CT molecular complexity index is 805. The highest BCUT2D eigenvalue weighted by Crippen LogP contribution is 2.32. The fourth-order valence-corrected chi connectivity index (χ4v) is 4.18. The van der Waals surface area contributed by atoms with Crippen molar-refractivity contribution in [2.24, 2.45) is 0 Å². The van der Waals surface area contributed by atoms with Gasteiger partial charge in [0, 0.05) is 26.2 Å². The van der Waals surface area contributed by atoms with Crippen LogP contribution in [0.3, 0.4) is 0 Å². The van der Waals surface area contributed by atoms with Gasteiger partial charge in [0.05, 0.1) is 11.5 Å². The van der Waals surface area contributed by atoms with E-state index in [-0.39, 0.29) is 24.5 Å². The quantitative estimate of drug-likeness (QED) is 0.550. The molecule has 0 N–H and O–H groups in total. The number of piperazine rings is 1. The highest BCUT2D eigenvalue weighted by molar-refractivity contribution is 8.26. The summed E-state index contributed by atoms with van der Waals surface area (Å²) in [7, 11) is 0. The van der Waals surface area contributed by atoms with Crippen LogP contribution in [0.2, 0.25) is 0 Å². The molecule has 1 aromatic carbocycles. The molecule has 2 aliphatic heterocycles. The van der Waals surface area contributed by atoms with Crippen LogP contribution in [0.25, 0.3) is 6.08 Å². The zero-order valence-corrected chi connectivity index (χ0v) is 17.1. The molecule has 2 fully saturated rings. The van der Waals surface area contributed by atoms with Gasteiger partial charge in [-0.2, -0.15) is 0 Å². The Balaban J connectivity index is 1.57. The maximum absolute atomic E-state index is 12.7. The minimum Gasteiger partial charge on any atom is -0.450 e. The second kappa shape index (κ2) is 9.20. The third-order valence-electron chi connectivity index (χ3n) is 4.42. The van der Waals surface area contributed by atoms with Crippen molar-refractivity contribution < 1.29 is 19.1 Å². The molecule has 2 saturated heterocycles. The first-order valence-electron chi connectivity index (χ1n) is 8.99. The summed E-state index contributed by atoms with van der Waals surface area (Å²) in [4.78, 5) is 42.1. The molecule has 0 bridgehead atoms. The standard InChI is InChI=1S/C19H21N3O4S2/c1-2-26-18(25)21-10-8-20(9-11-21)16(23)13-22-17(24)15(28-19(22)27)12-14-6-4-3-5-7-14/h3-7,12H,2,8-11,13H2,1H3. The highest BCUT2D eigenvalue weighted by atomic mass is 32.2. The van der Waals surface area contributed by atoms with Crippen molar-refractivity contribution in [3.05, 3.63) is 40.8 Å². The van der Waals surface area contributed by atoms with Crippen molar-refractivity contribution in [3.8, 4) is 0 Å². The number of thioether (sulfide) groups is 1. The van der Waals surface area contributed by atoms with Gasteiger partial charge in [0.1, 0.15) is 10.9 Å². The number of nitrogens with zero attached hydrogens (tertiary/aromatic N) is 3. The van der Waals surface area contributed by atoms with Crippen LogP contribution in [0.4, 0.5) is 4.79 Å². The first-order chi connectivity index (χ1) is 13.5. The number of benzene rings is 1. The van der Waals surface area contributed by atoms with E-state index in [0.29, 0.717) is 42.0 Å². The predicted molar refractivity (Wildman–Crippen MR) is 111 cm³/mol. The van der Waals surface area contributed by atoms with E-state index in [1.165, 1.54) is 16.7 Å². The summed E-state index contributed by atoms with van der Waals surface area (Å²) >= 11 is 6.50. The van der Waals surface area contributed by atoms with Gasteiger partial charge in [-0.05, 0) is 18.6 Å². The fourth-order valence-electron chi connectivity index (χ4n) is 2.93. The molecule has 0 aromatic heterocycles. The molecule has 9 heteroatoms. The molecule has 0 unspecified atom stereocenters.